The number of hydrogen-bond donors (Lipinski definition) is 1. The van der Waals surface area contributed by atoms with Gasteiger partial charge in [0, 0.05) is 58.9 Å². The van der Waals surface area contributed by atoms with Crippen LogP contribution in [0, 0.1) is 5.92 Å². The van der Waals surface area contributed by atoms with Gasteiger partial charge in [-0.15, -0.1) is 0 Å². The van der Waals surface area contributed by atoms with Crippen molar-refractivity contribution in [2.24, 2.45) is 16.1 Å². The van der Waals surface area contributed by atoms with Crippen molar-refractivity contribution < 1.29 is 4.79 Å². The summed E-state index contributed by atoms with van der Waals surface area (Å²) in [7, 11) is 0. The number of imidazole rings is 1. The van der Waals surface area contributed by atoms with Crippen molar-refractivity contribution in [2.75, 3.05) is 6.54 Å². The van der Waals surface area contributed by atoms with E-state index in [0.29, 0.717) is 29.3 Å². The van der Waals surface area contributed by atoms with Gasteiger partial charge in [-0.2, -0.15) is 0 Å². The van der Waals surface area contributed by atoms with E-state index in [0.717, 1.165) is 18.8 Å². The van der Waals surface area contributed by atoms with Crippen LogP contribution in [0.4, 0.5) is 5.69 Å². The summed E-state index contributed by atoms with van der Waals surface area (Å²) < 4.78 is 2.08. The maximum absolute atomic E-state index is 12.4. The van der Waals surface area contributed by atoms with E-state index in [1.807, 2.05) is 6.20 Å². The van der Waals surface area contributed by atoms with Crippen LogP contribution in [0.15, 0.2) is 40.8 Å². The van der Waals surface area contributed by atoms with Crippen LogP contribution in [0.3, 0.4) is 0 Å². The van der Waals surface area contributed by atoms with Crippen molar-refractivity contribution >= 4 is 11.6 Å². The van der Waals surface area contributed by atoms with Crippen LogP contribution in [0.2, 0.25) is 0 Å². The summed E-state index contributed by atoms with van der Waals surface area (Å²) >= 11 is 0. The van der Waals surface area contributed by atoms with Crippen molar-refractivity contribution in [3.63, 3.8) is 0 Å². The fraction of sp³-hybridized carbons (Fsp3) is 0.333. The number of rotatable bonds is 6. The molecule has 25 heavy (non-hydrogen) atoms. The molecule has 1 N–H and O–H groups in total. The third-order valence-corrected chi connectivity index (χ3v) is 4.00. The summed E-state index contributed by atoms with van der Waals surface area (Å²) in [5, 5.41) is 9.90. The Morgan fingerprint density at radius 1 is 1.36 bits per heavy atom. The van der Waals surface area contributed by atoms with Crippen LogP contribution in [-0.4, -0.2) is 22.0 Å². The van der Waals surface area contributed by atoms with Crippen molar-refractivity contribution in [2.45, 2.75) is 19.5 Å². The minimum atomic E-state index is -0.262. The number of amides is 1. The molecule has 1 aromatic carbocycles. The van der Waals surface area contributed by atoms with E-state index in [2.05, 4.69) is 34.9 Å². The quantitative estimate of drug-likeness (QED) is 0.490. The Morgan fingerprint density at radius 2 is 2.24 bits per heavy atom. The minimum Gasteiger partial charge on any atom is -0.352 e. The van der Waals surface area contributed by atoms with E-state index in [1.165, 1.54) is 6.07 Å². The number of nitrogens with one attached hydrogen (secondary N) is 1. The molecule has 126 valence electrons. The second-order valence-electron chi connectivity index (χ2n) is 5.74. The Labute approximate surface area is 142 Å². The molecule has 0 saturated carbocycles. The molecule has 1 aliphatic heterocycles. The van der Waals surface area contributed by atoms with Crippen molar-refractivity contribution in [1.82, 2.24) is 14.9 Å². The number of benzene rings is 1. The fourth-order valence-electron chi connectivity index (χ4n) is 2.89. The monoisotopic (exact) mass is 337 g/mol. The first-order chi connectivity index (χ1) is 12.2. The van der Waals surface area contributed by atoms with Crippen LogP contribution in [0.5, 0.6) is 0 Å². The van der Waals surface area contributed by atoms with Gasteiger partial charge in [0.05, 0.1) is 6.54 Å². The molecule has 1 aliphatic rings. The Bertz CT molecular complexity index is 870. The van der Waals surface area contributed by atoms with Gasteiger partial charge < -0.3 is 9.88 Å². The normalized spacial score (nSPS) is 15.0. The van der Waals surface area contributed by atoms with Gasteiger partial charge in [-0.3, -0.25) is 4.79 Å². The minimum absolute atomic E-state index is 0.0787. The number of fused-ring (bicyclic) bond motifs is 1. The topological polar surface area (TPSA) is 144 Å². The predicted octanol–water partition coefficient (Wildman–Crippen LogP) is 3.24. The highest BCUT2D eigenvalue weighted by Gasteiger charge is 2.22. The van der Waals surface area contributed by atoms with Crippen LogP contribution < -0.4 is 5.32 Å². The van der Waals surface area contributed by atoms with E-state index in [4.69, 9.17) is 11.1 Å². The number of azide groups is 2. The van der Waals surface area contributed by atoms with Crippen LogP contribution in [0.1, 0.15) is 21.7 Å². The molecule has 10 heteroatoms. The van der Waals surface area contributed by atoms with Gasteiger partial charge in [-0.1, -0.05) is 10.2 Å². The molecule has 1 amide bonds. The standard InChI is InChI=1S/C15H15N9O/c16-22-20-8-10-3-12(6-13(4-10)21-23-17)15(25)19-7-11-5-14-18-1-2-24(14)9-11/h1-4,6,11H,5,7-9H2,(H,19,25). The maximum atomic E-state index is 12.4. The Hall–Kier alpha value is -3.48. The van der Waals surface area contributed by atoms with Crippen molar-refractivity contribution in [3.8, 4) is 0 Å². The first-order valence-electron chi connectivity index (χ1n) is 7.67. The third-order valence-electron chi connectivity index (χ3n) is 4.00. The lowest BCUT2D eigenvalue weighted by Crippen LogP contribution is -2.30. The molecule has 1 unspecified atom stereocenters. The van der Waals surface area contributed by atoms with Crippen LogP contribution in [0.25, 0.3) is 20.9 Å². The number of aromatic nitrogens is 2. The first kappa shape index (κ1) is 16.4. The van der Waals surface area contributed by atoms with Gasteiger partial charge in [0.1, 0.15) is 5.82 Å². The molecule has 2 heterocycles. The van der Waals surface area contributed by atoms with Gasteiger partial charge in [0.15, 0.2) is 0 Å². The predicted molar refractivity (Wildman–Crippen MR) is 89.9 cm³/mol. The van der Waals surface area contributed by atoms with Crippen LogP contribution in [-0.2, 0) is 19.5 Å². The summed E-state index contributed by atoms with van der Waals surface area (Å²) in [6.07, 6.45) is 4.54. The SMILES string of the molecule is [N-]=[N+]=NCc1cc(N=[N+]=[N-])cc(C(=O)NCC2Cc3nccn3C2)c1. The second-order valence-corrected chi connectivity index (χ2v) is 5.74. The number of hydrogen-bond acceptors (Lipinski definition) is 4. The Kier molecular flexibility index (Phi) is 4.84. The van der Waals surface area contributed by atoms with Gasteiger partial charge in [0.25, 0.3) is 5.91 Å². The highest BCUT2D eigenvalue weighted by molar-refractivity contribution is 5.95. The molecule has 0 saturated heterocycles. The lowest BCUT2D eigenvalue weighted by atomic mass is 10.1. The number of carbonyl (C=O) groups excluding carboxylic acids is 1. The zero-order valence-corrected chi connectivity index (χ0v) is 13.3. The van der Waals surface area contributed by atoms with Gasteiger partial charge in [-0.25, -0.2) is 4.98 Å². The highest BCUT2D eigenvalue weighted by atomic mass is 16.1. The second kappa shape index (κ2) is 7.39. The number of nitrogens with zero attached hydrogens (tertiary/aromatic N) is 8. The van der Waals surface area contributed by atoms with E-state index in [1.54, 1.807) is 18.3 Å². The summed E-state index contributed by atoms with van der Waals surface area (Å²) in [5.74, 6) is 1.07. The number of carbonyl (C=O) groups is 1. The molecule has 3 rings (SSSR count). The van der Waals surface area contributed by atoms with E-state index in [9.17, 15) is 4.79 Å². The van der Waals surface area contributed by atoms with Gasteiger partial charge in [-0.05, 0) is 34.8 Å². The molecule has 10 nitrogen and oxygen atoms in total. The average Bonchev–Trinajstić information content (AvgIpc) is 3.19. The summed E-state index contributed by atoms with van der Waals surface area (Å²) in [6.45, 7) is 1.44. The van der Waals surface area contributed by atoms with E-state index >= 15 is 0 Å². The Balaban J connectivity index is 1.68. The van der Waals surface area contributed by atoms with Crippen molar-refractivity contribution in [3.05, 3.63) is 68.4 Å². The summed E-state index contributed by atoms with van der Waals surface area (Å²) in [6, 6.07) is 4.72. The lowest BCUT2D eigenvalue weighted by Gasteiger charge is -2.11. The molecule has 0 spiro atoms. The zero-order chi connectivity index (χ0) is 17.6. The molecule has 0 fully saturated rings. The summed E-state index contributed by atoms with van der Waals surface area (Å²) in [4.78, 5) is 22.1. The smallest absolute Gasteiger partial charge is 0.251 e. The van der Waals surface area contributed by atoms with Crippen molar-refractivity contribution in [1.29, 1.82) is 0 Å². The zero-order valence-electron chi connectivity index (χ0n) is 13.3. The Morgan fingerprint density at radius 3 is 3.00 bits per heavy atom. The molecule has 2 aromatic rings. The highest BCUT2D eigenvalue weighted by Crippen LogP contribution is 2.20. The van der Waals surface area contributed by atoms with E-state index in [-0.39, 0.29) is 12.5 Å². The molecule has 0 radical (unpaired) electrons. The molecule has 0 bridgehead atoms. The molecule has 1 atom stereocenters. The largest absolute Gasteiger partial charge is 0.352 e. The van der Waals surface area contributed by atoms with Gasteiger partial charge in [0.2, 0.25) is 0 Å². The summed E-state index contributed by atoms with van der Waals surface area (Å²) in [5.41, 5.74) is 18.3. The van der Waals surface area contributed by atoms with Crippen LogP contribution >= 0.6 is 0 Å². The maximum Gasteiger partial charge on any atom is 0.251 e. The fourth-order valence-corrected chi connectivity index (χ4v) is 2.89. The van der Waals surface area contributed by atoms with E-state index < -0.39 is 0 Å². The molecule has 1 aromatic heterocycles. The average molecular weight is 337 g/mol. The lowest BCUT2D eigenvalue weighted by molar-refractivity contribution is 0.0947. The third kappa shape index (κ3) is 3.89. The molecular weight excluding hydrogens is 322 g/mol. The molecule has 0 aliphatic carbocycles. The van der Waals surface area contributed by atoms with Gasteiger partial charge >= 0.3 is 0 Å². The molecular formula is C15H15N9O. The first-order valence-corrected chi connectivity index (χ1v) is 7.67.